The van der Waals surface area contributed by atoms with E-state index in [-0.39, 0.29) is 11.8 Å². The summed E-state index contributed by atoms with van der Waals surface area (Å²) in [6, 6.07) is 0. The van der Waals surface area contributed by atoms with Crippen molar-refractivity contribution in [2.24, 2.45) is 23.7 Å². The summed E-state index contributed by atoms with van der Waals surface area (Å²) in [5.41, 5.74) is 0. The van der Waals surface area contributed by atoms with Gasteiger partial charge in [-0.3, -0.25) is 0 Å². The minimum absolute atomic E-state index is 0.0255. The number of halogens is 2. The average molecular weight is 170 g/mol. The van der Waals surface area contributed by atoms with E-state index in [9.17, 15) is 8.78 Å². The third kappa shape index (κ3) is 0.629. The lowest BCUT2D eigenvalue weighted by atomic mass is 9.85. The van der Waals surface area contributed by atoms with E-state index >= 15 is 0 Å². The predicted octanol–water partition coefficient (Wildman–Crippen LogP) is 3.20. The largest absolute Gasteiger partial charge is 0.209 e. The van der Waals surface area contributed by atoms with E-state index in [1.807, 2.05) is 0 Å². The van der Waals surface area contributed by atoms with Crippen molar-refractivity contribution >= 4 is 0 Å². The maximum Gasteiger partial charge on any atom is 0.135 e. The third-order valence-corrected chi connectivity index (χ3v) is 4.05. The molecule has 0 unspecified atom stereocenters. The van der Waals surface area contributed by atoms with Crippen LogP contribution < -0.4 is 0 Å². The first kappa shape index (κ1) is 7.05. The van der Waals surface area contributed by atoms with Gasteiger partial charge in [0.25, 0.3) is 0 Å². The molecule has 0 aromatic heterocycles. The van der Waals surface area contributed by atoms with Crippen LogP contribution in [0, 0.1) is 23.7 Å². The Morgan fingerprint density at radius 3 is 1.92 bits per heavy atom. The fourth-order valence-electron chi connectivity index (χ4n) is 3.58. The number of hydrogen-bond acceptors (Lipinski definition) is 0. The number of rotatable bonds is 0. The van der Waals surface area contributed by atoms with Gasteiger partial charge in [-0.2, -0.15) is 0 Å². The fraction of sp³-hybridized carbons (Fsp3) is 0.800. The van der Waals surface area contributed by atoms with Gasteiger partial charge in [-0.05, 0) is 31.1 Å². The summed E-state index contributed by atoms with van der Waals surface area (Å²) in [5.74, 6) is 0.139. The SMILES string of the molecule is FC1=C(F)[C@@H]2C[C@H]1[C@H]1CCC[C@H]12. The van der Waals surface area contributed by atoms with Crippen molar-refractivity contribution in [2.75, 3.05) is 0 Å². The first-order valence-corrected chi connectivity index (χ1v) is 4.84. The van der Waals surface area contributed by atoms with E-state index in [2.05, 4.69) is 0 Å². The zero-order valence-electron chi connectivity index (χ0n) is 6.89. The quantitative estimate of drug-likeness (QED) is 0.523. The number of fused-ring (bicyclic) bond motifs is 5. The molecule has 0 radical (unpaired) electrons. The summed E-state index contributed by atoms with van der Waals surface area (Å²) >= 11 is 0. The molecule has 2 bridgehead atoms. The molecule has 4 atom stereocenters. The van der Waals surface area contributed by atoms with Gasteiger partial charge in [0.15, 0.2) is 0 Å². The Kier molecular flexibility index (Phi) is 1.23. The van der Waals surface area contributed by atoms with Gasteiger partial charge >= 0.3 is 0 Å². The van der Waals surface area contributed by atoms with Crippen LogP contribution in [0.4, 0.5) is 8.78 Å². The summed E-state index contributed by atoms with van der Waals surface area (Å²) in [6.45, 7) is 0. The molecule has 0 saturated heterocycles. The second-order valence-electron chi connectivity index (χ2n) is 4.40. The molecule has 2 fully saturated rings. The monoisotopic (exact) mass is 170 g/mol. The van der Waals surface area contributed by atoms with E-state index in [4.69, 9.17) is 0 Å². The second-order valence-corrected chi connectivity index (χ2v) is 4.40. The molecule has 3 aliphatic carbocycles. The Hall–Kier alpha value is -0.400. The van der Waals surface area contributed by atoms with E-state index in [0.29, 0.717) is 11.8 Å². The Balaban J connectivity index is 2.02. The van der Waals surface area contributed by atoms with Crippen molar-refractivity contribution in [1.29, 1.82) is 0 Å². The van der Waals surface area contributed by atoms with Gasteiger partial charge in [0.05, 0.1) is 0 Å². The van der Waals surface area contributed by atoms with Gasteiger partial charge < -0.3 is 0 Å². The van der Waals surface area contributed by atoms with Crippen LogP contribution in [0.15, 0.2) is 11.7 Å². The minimum atomic E-state index is -0.400. The van der Waals surface area contributed by atoms with Crippen molar-refractivity contribution in [3.05, 3.63) is 11.7 Å². The smallest absolute Gasteiger partial charge is 0.135 e. The van der Waals surface area contributed by atoms with Crippen molar-refractivity contribution < 1.29 is 8.78 Å². The van der Waals surface area contributed by atoms with Crippen LogP contribution >= 0.6 is 0 Å². The highest BCUT2D eigenvalue weighted by molar-refractivity contribution is 5.24. The van der Waals surface area contributed by atoms with Crippen LogP contribution in [0.25, 0.3) is 0 Å². The molecule has 0 aliphatic heterocycles. The van der Waals surface area contributed by atoms with Gasteiger partial charge in [-0.25, -0.2) is 8.78 Å². The summed E-state index contributed by atoms with van der Waals surface area (Å²) in [5, 5.41) is 0. The normalized spacial score (nSPS) is 50.5. The highest BCUT2D eigenvalue weighted by Gasteiger charge is 2.54. The summed E-state index contributed by atoms with van der Waals surface area (Å²) in [7, 11) is 0. The Morgan fingerprint density at radius 2 is 1.42 bits per heavy atom. The summed E-state index contributed by atoms with van der Waals surface area (Å²) in [4.78, 5) is 0. The molecule has 0 aromatic rings. The van der Waals surface area contributed by atoms with Crippen molar-refractivity contribution in [2.45, 2.75) is 25.7 Å². The van der Waals surface area contributed by atoms with E-state index < -0.39 is 11.7 Å². The predicted molar refractivity (Wildman–Crippen MR) is 41.7 cm³/mol. The van der Waals surface area contributed by atoms with Gasteiger partial charge in [0, 0.05) is 11.8 Å². The highest BCUT2D eigenvalue weighted by atomic mass is 19.2. The lowest BCUT2D eigenvalue weighted by Gasteiger charge is -2.22. The topological polar surface area (TPSA) is 0 Å². The molecule has 3 aliphatic rings. The molecule has 3 rings (SSSR count). The third-order valence-electron chi connectivity index (χ3n) is 4.05. The van der Waals surface area contributed by atoms with Crippen LogP contribution in [0.2, 0.25) is 0 Å². The van der Waals surface area contributed by atoms with Crippen LogP contribution in [0.5, 0.6) is 0 Å². The number of hydrogen-bond donors (Lipinski definition) is 0. The molecule has 0 spiro atoms. The van der Waals surface area contributed by atoms with Gasteiger partial charge in [0.1, 0.15) is 11.7 Å². The molecule has 2 heteroatoms. The zero-order valence-corrected chi connectivity index (χ0v) is 6.89. The van der Waals surface area contributed by atoms with Crippen LogP contribution in [0.1, 0.15) is 25.7 Å². The molecule has 12 heavy (non-hydrogen) atoms. The first-order valence-electron chi connectivity index (χ1n) is 4.84. The Bertz CT molecular complexity index is 233. The standard InChI is InChI=1S/C10H12F2/c11-9-7-4-8(10(9)12)6-3-1-2-5(6)7/h5-8H,1-4H2/t5-,6+,7-,8+. The molecule has 2 saturated carbocycles. The maximum absolute atomic E-state index is 13.2. The first-order chi connectivity index (χ1) is 5.79. The number of allylic oxidation sites excluding steroid dienone is 2. The van der Waals surface area contributed by atoms with Crippen molar-refractivity contribution in [3.63, 3.8) is 0 Å². The molecule has 0 amide bonds. The Morgan fingerprint density at radius 1 is 0.917 bits per heavy atom. The second kappa shape index (κ2) is 2.09. The average Bonchev–Trinajstić information content (AvgIpc) is 2.63. The zero-order chi connectivity index (χ0) is 8.29. The molecule has 0 nitrogen and oxygen atoms in total. The van der Waals surface area contributed by atoms with E-state index in [1.54, 1.807) is 0 Å². The minimum Gasteiger partial charge on any atom is -0.209 e. The van der Waals surface area contributed by atoms with Crippen LogP contribution in [-0.2, 0) is 0 Å². The van der Waals surface area contributed by atoms with E-state index in [0.717, 1.165) is 19.3 Å². The van der Waals surface area contributed by atoms with Crippen molar-refractivity contribution in [1.82, 2.24) is 0 Å². The lowest BCUT2D eigenvalue weighted by Crippen LogP contribution is -2.17. The molecule has 66 valence electrons. The highest BCUT2D eigenvalue weighted by Crippen LogP contribution is 2.61. The molecular formula is C10H12F2. The van der Waals surface area contributed by atoms with Crippen molar-refractivity contribution in [3.8, 4) is 0 Å². The molecule has 0 heterocycles. The van der Waals surface area contributed by atoms with Crippen LogP contribution in [0.3, 0.4) is 0 Å². The maximum atomic E-state index is 13.2. The molecule has 0 N–H and O–H groups in total. The molecular weight excluding hydrogens is 158 g/mol. The van der Waals surface area contributed by atoms with Gasteiger partial charge in [-0.15, -0.1) is 0 Å². The summed E-state index contributed by atoms with van der Waals surface area (Å²) in [6.07, 6.45) is 4.22. The summed E-state index contributed by atoms with van der Waals surface area (Å²) < 4.78 is 26.3. The van der Waals surface area contributed by atoms with Gasteiger partial charge in [0.2, 0.25) is 0 Å². The van der Waals surface area contributed by atoms with E-state index in [1.165, 1.54) is 6.42 Å². The van der Waals surface area contributed by atoms with Gasteiger partial charge in [-0.1, -0.05) is 6.42 Å². The molecule has 0 aromatic carbocycles. The fourth-order valence-corrected chi connectivity index (χ4v) is 3.58. The van der Waals surface area contributed by atoms with Crippen LogP contribution in [-0.4, -0.2) is 0 Å². The lowest BCUT2D eigenvalue weighted by molar-refractivity contribution is 0.275. The Labute approximate surface area is 70.6 Å².